The first-order chi connectivity index (χ1) is 21.7. The first-order valence-corrected chi connectivity index (χ1v) is 16.6. The highest BCUT2D eigenvalue weighted by molar-refractivity contribution is 6.24. The van der Waals surface area contributed by atoms with Gasteiger partial charge < -0.3 is 19.2 Å². The summed E-state index contributed by atoms with van der Waals surface area (Å²) in [6, 6.07) is 14.4. The summed E-state index contributed by atoms with van der Waals surface area (Å²) in [5.74, 6) is 1.38. The third-order valence-electron chi connectivity index (χ3n) is 8.97. The largest absolute Gasteiger partial charge is 0.506 e. The molecule has 46 heavy (non-hydrogen) atoms. The van der Waals surface area contributed by atoms with Crippen molar-refractivity contribution in [1.29, 1.82) is 0 Å². The molecule has 0 amide bonds. The Morgan fingerprint density at radius 1 is 0.870 bits per heavy atom. The summed E-state index contributed by atoms with van der Waals surface area (Å²) in [7, 11) is 0. The number of allylic oxidation sites excluding steroid dienone is 6. The van der Waals surface area contributed by atoms with Crippen LogP contribution in [0.4, 0.5) is 5.69 Å². The second-order valence-corrected chi connectivity index (χ2v) is 14.1. The molecule has 1 N–H and O–H groups in total. The minimum atomic E-state index is -0.248. The Morgan fingerprint density at radius 3 is 2.15 bits per heavy atom. The van der Waals surface area contributed by atoms with Crippen molar-refractivity contribution in [1.82, 2.24) is 4.58 Å². The summed E-state index contributed by atoms with van der Waals surface area (Å²) in [6.07, 6.45) is 5.59. The van der Waals surface area contributed by atoms with E-state index in [1.807, 2.05) is 24.3 Å². The molecule has 2 aromatic carbocycles. The zero-order valence-electron chi connectivity index (χ0n) is 29.2. The zero-order chi connectivity index (χ0) is 33.6. The van der Waals surface area contributed by atoms with E-state index in [1.165, 1.54) is 0 Å². The monoisotopic (exact) mass is 621 g/mol. The van der Waals surface area contributed by atoms with Crippen LogP contribution >= 0.6 is 0 Å². The fraction of sp³-hybridized carbons (Fsp3) is 0.400. The summed E-state index contributed by atoms with van der Waals surface area (Å²) in [6.45, 7) is 24.8. The Bertz CT molecular complexity index is 1890. The van der Waals surface area contributed by atoms with Crippen LogP contribution in [0.5, 0.6) is 5.75 Å². The van der Waals surface area contributed by atoms with Gasteiger partial charge in [0.05, 0.1) is 17.2 Å². The number of hydrogen-bond acceptors (Lipinski definition) is 5. The van der Waals surface area contributed by atoms with Crippen molar-refractivity contribution >= 4 is 34.1 Å². The third kappa shape index (κ3) is 6.22. The Morgan fingerprint density at radius 2 is 1.57 bits per heavy atom. The number of ketones is 1. The van der Waals surface area contributed by atoms with E-state index in [0.29, 0.717) is 11.1 Å². The lowest BCUT2D eigenvalue weighted by Crippen LogP contribution is -2.29. The number of fused-ring (bicyclic) bond motifs is 2. The fourth-order valence-electron chi connectivity index (χ4n) is 5.97. The highest BCUT2D eigenvalue weighted by Crippen LogP contribution is 2.43. The van der Waals surface area contributed by atoms with E-state index in [1.54, 1.807) is 12.2 Å². The number of ether oxygens (including phenoxy) is 1. The van der Waals surface area contributed by atoms with Crippen LogP contribution in [0, 0.1) is 5.41 Å². The van der Waals surface area contributed by atoms with E-state index in [0.717, 1.165) is 82.2 Å². The number of carbonyl (C=O) groups is 1. The molecule has 242 valence electrons. The number of hydrogen-bond donors (Lipinski definition) is 1. The summed E-state index contributed by atoms with van der Waals surface area (Å²) >= 11 is 0. The molecule has 0 radical (unpaired) electrons. The van der Waals surface area contributed by atoms with E-state index in [2.05, 4.69) is 103 Å². The maximum atomic E-state index is 13.7. The molecule has 6 nitrogen and oxygen atoms in total. The van der Waals surface area contributed by atoms with Crippen molar-refractivity contribution < 1.29 is 19.1 Å². The Balaban J connectivity index is 1.63. The fourth-order valence-corrected chi connectivity index (χ4v) is 5.97. The summed E-state index contributed by atoms with van der Waals surface area (Å²) in [5.41, 5.74) is 6.53. The van der Waals surface area contributed by atoms with Crippen molar-refractivity contribution in [3.63, 3.8) is 0 Å². The Kier molecular flexibility index (Phi) is 8.96. The van der Waals surface area contributed by atoms with Crippen LogP contribution in [-0.4, -0.2) is 37.1 Å². The number of aliphatic hydroxyl groups excluding tert-OH is 1. The number of carbonyl (C=O) groups excluding carboxylic acids is 1. The number of Topliss-reactive ketones (excluding diaryl/α,β-unsaturated/α-hetero) is 1. The number of benzene rings is 2. The van der Waals surface area contributed by atoms with Crippen molar-refractivity contribution in [2.45, 2.75) is 74.7 Å². The predicted molar refractivity (Wildman–Crippen MR) is 190 cm³/mol. The second kappa shape index (κ2) is 12.5. The van der Waals surface area contributed by atoms with E-state index in [4.69, 9.17) is 9.15 Å². The van der Waals surface area contributed by atoms with Gasteiger partial charge in [0.25, 0.3) is 0 Å². The molecule has 2 heterocycles. The van der Waals surface area contributed by atoms with Crippen LogP contribution in [0.2, 0.25) is 0 Å². The average Bonchev–Trinajstić information content (AvgIpc) is 3.01. The van der Waals surface area contributed by atoms with Gasteiger partial charge in [-0.25, -0.2) is 0 Å². The first kappa shape index (κ1) is 33.1. The molecule has 0 saturated heterocycles. The molecular weight excluding hydrogens is 572 g/mol. The summed E-state index contributed by atoms with van der Waals surface area (Å²) in [4.78, 5) is 16.0. The summed E-state index contributed by atoms with van der Waals surface area (Å²) in [5, 5.41) is 12.2. The van der Waals surface area contributed by atoms with Gasteiger partial charge in [0.1, 0.15) is 35.9 Å². The average molecular weight is 622 g/mol. The molecular formula is C40H49N2O4+. The van der Waals surface area contributed by atoms with Crippen molar-refractivity contribution in [3.8, 4) is 5.75 Å². The second-order valence-electron chi connectivity index (χ2n) is 14.1. The smallest absolute Gasteiger partial charge is 0.367 e. The molecule has 1 aliphatic heterocycles. The standard InChI is InChI=1S/C40H48N2O4/c1-11-41(12-2)28-15-16-29-26(22-35(40(8,9)10)45-34(29)24-28)21-32-37(43)31(38(32)44)20-25-19-27(39(5,6)7)23-33-30(25)17-18-36(46-33)42(13-3)14-4/h15-24H,11-14H2,1-10H3/p+1. The molecule has 3 aromatic rings. The normalized spacial score (nSPS) is 16.8. The van der Waals surface area contributed by atoms with Crippen LogP contribution in [-0.2, 0) is 10.2 Å². The van der Waals surface area contributed by atoms with Crippen LogP contribution in [0.25, 0.3) is 22.6 Å². The molecule has 5 rings (SSSR count). The van der Waals surface area contributed by atoms with Crippen LogP contribution in [0.1, 0.15) is 85.9 Å². The van der Waals surface area contributed by atoms with Gasteiger partial charge in [0, 0.05) is 41.2 Å². The Labute approximate surface area is 273 Å². The lowest BCUT2D eigenvalue weighted by molar-refractivity contribution is -0.113. The van der Waals surface area contributed by atoms with Crippen LogP contribution in [0.3, 0.4) is 0 Å². The first-order valence-electron chi connectivity index (χ1n) is 16.6. The highest BCUT2D eigenvalue weighted by atomic mass is 16.5. The van der Waals surface area contributed by atoms with Crippen molar-refractivity contribution in [2.75, 3.05) is 31.1 Å². The molecule has 6 heteroatoms. The SMILES string of the molecule is CCN(CC)c1ccc2c(c1)OC(C(C)(C)C)=C/C2=C\C1=C(O)C(=C/c2cc(C(C)(C)C)cc3oc(=[N+](CC)CC)ccc23)/C1=O. The zero-order valence-corrected chi connectivity index (χ0v) is 29.2. The maximum Gasteiger partial charge on any atom is 0.367 e. The molecule has 1 aliphatic carbocycles. The van der Waals surface area contributed by atoms with Gasteiger partial charge >= 0.3 is 5.55 Å². The van der Waals surface area contributed by atoms with E-state index in [-0.39, 0.29) is 22.4 Å². The predicted octanol–water partition coefficient (Wildman–Crippen LogP) is 8.57. The van der Waals surface area contributed by atoms with Gasteiger partial charge in [-0.15, -0.1) is 0 Å². The third-order valence-corrected chi connectivity index (χ3v) is 8.97. The molecule has 0 fully saturated rings. The molecule has 0 unspecified atom stereocenters. The van der Waals surface area contributed by atoms with E-state index < -0.39 is 0 Å². The van der Waals surface area contributed by atoms with Gasteiger partial charge in [0.2, 0.25) is 5.78 Å². The van der Waals surface area contributed by atoms with Gasteiger partial charge in [-0.05, 0) is 92.3 Å². The van der Waals surface area contributed by atoms with Crippen molar-refractivity contribution in [3.05, 3.63) is 99.5 Å². The van der Waals surface area contributed by atoms with Gasteiger partial charge in [-0.2, -0.15) is 4.58 Å². The molecule has 2 aliphatic rings. The molecule has 0 spiro atoms. The lowest BCUT2D eigenvalue weighted by Gasteiger charge is -2.30. The minimum absolute atomic E-state index is 0.00187. The quantitative estimate of drug-likeness (QED) is 0.212. The summed E-state index contributed by atoms with van der Waals surface area (Å²) < 4.78 is 15.0. The van der Waals surface area contributed by atoms with E-state index in [9.17, 15) is 9.90 Å². The van der Waals surface area contributed by atoms with Crippen molar-refractivity contribution in [2.24, 2.45) is 5.41 Å². The van der Waals surface area contributed by atoms with Crippen LogP contribution in [0.15, 0.2) is 81.7 Å². The number of anilines is 1. The van der Waals surface area contributed by atoms with Gasteiger partial charge in [-0.1, -0.05) is 47.6 Å². The minimum Gasteiger partial charge on any atom is -0.506 e. The molecule has 0 atom stereocenters. The Hall–Kier alpha value is -4.32. The van der Waals surface area contributed by atoms with E-state index >= 15 is 0 Å². The molecule has 0 saturated carbocycles. The number of aliphatic hydroxyl groups is 1. The lowest BCUT2D eigenvalue weighted by atomic mass is 9.82. The van der Waals surface area contributed by atoms with Gasteiger partial charge in [0.15, 0.2) is 0 Å². The van der Waals surface area contributed by atoms with Crippen LogP contribution < -0.4 is 19.8 Å². The molecule has 1 aromatic heterocycles. The topological polar surface area (TPSA) is 65.9 Å². The highest BCUT2D eigenvalue weighted by Gasteiger charge is 2.34. The number of rotatable bonds is 7. The van der Waals surface area contributed by atoms with Gasteiger partial charge in [-0.3, -0.25) is 4.79 Å². The maximum absolute atomic E-state index is 13.7. The number of nitrogens with zero attached hydrogens (tertiary/aromatic N) is 2. The molecule has 0 bridgehead atoms.